The number of pyridine rings is 1. The molecule has 2 heterocycles. The number of amides is 1. The Labute approximate surface area is 227 Å². The third kappa shape index (κ3) is 5.54. The number of H-pyrrole nitrogens is 1. The second kappa shape index (κ2) is 11.0. The molecule has 2 N–H and O–H groups in total. The molecule has 0 atom stereocenters. The van der Waals surface area contributed by atoms with Crippen LogP contribution < -0.4 is 10.1 Å². The molecule has 0 saturated carbocycles. The highest BCUT2D eigenvalue weighted by atomic mass is 35.5. The summed E-state index contributed by atoms with van der Waals surface area (Å²) in [5, 5.41) is 3.21. The molecule has 0 bridgehead atoms. The molecule has 3 aromatic carbocycles. The molecule has 0 aliphatic heterocycles. The SMILES string of the molecule is O=C(Nc1c(Cl)cncc1Cl)C(=O)c1c(Cc2ccc(F)cc2)[nH]c2ccc(OCc3ccccc3)cc12. The molecule has 5 rings (SSSR count). The molecular formula is C29H20Cl2FN3O3. The van der Waals surface area contributed by atoms with Gasteiger partial charge in [-0.2, -0.15) is 0 Å². The van der Waals surface area contributed by atoms with Crippen molar-refractivity contribution < 1.29 is 18.7 Å². The number of anilines is 1. The van der Waals surface area contributed by atoms with Gasteiger partial charge in [-0.3, -0.25) is 14.6 Å². The van der Waals surface area contributed by atoms with Crippen molar-refractivity contribution >= 4 is 51.5 Å². The average molecular weight is 548 g/mol. The molecule has 0 unspecified atom stereocenters. The van der Waals surface area contributed by atoms with E-state index in [0.717, 1.165) is 11.1 Å². The first-order valence-corrected chi connectivity index (χ1v) is 12.3. The maximum atomic E-state index is 13.6. The van der Waals surface area contributed by atoms with Gasteiger partial charge in [-0.05, 0) is 41.5 Å². The predicted octanol–water partition coefficient (Wildman–Crippen LogP) is 7.00. The first-order valence-electron chi connectivity index (χ1n) is 11.6. The Morgan fingerprint density at radius 2 is 1.63 bits per heavy atom. The third-order valence-corrected chi connectivity index (χ3v) is 6.49. The van der Waals surface area contributed by atoms with E-state index in [0.29, 0.717) is 29.0 Å². The van der Waals surface area contributed by atoms with Crippen molar-refractivity contribution in [1.82, 2.24) is 9.97 Å². The zero-order valence-electron chi connectivity index (χ0n) is 19.8. The van der Waals surface area contributed by atoms with Crippen molar-refractivity contribution in [2.24, 2.45) is 0 Å². The van der Waals surface area contributed by atoms with Crippen molar-refractivity contribution in [3.8, 4) is 5.75 Å². The molecular weight excluding hydrogens is 528 g/mol. The number of Topliss-reactive ketones (excluding diaryl/α,β-unsaturated/α-hetero) is 1. The van der Waals surface area contributed by atoms with E-state index in [4.69, 9.17) is 27.9 Å². The second-order valence-corrected chi connectivity index (χ2v) is 9.34. The van der Waals surface area contributed by atoms with Gasteiger partial charge in [0, 0.05) is 35.4 Å². The first-order chi connectivity index (χ1) is 18.4. The summed E-state index contributed by atoms with van der Waals surface area (Å²) in [6, 6.07) is 20.9. The fourth-order valence-electron chi connectivity index (χ4n) is 4.07. The third-order valence-electron chi connectivity index (χ3n) is 5.92. The average Bonchev–Trinajstić information content (AvgIpc) is 3.28. The van der Waals surface area contributed by atoms with Crippen molar-refractivity contribution in [3.63, 3.8) is 0 Å². The van der Waals surface area contributed by atoms with Gasteiger partial charge in [0.05, 0.1) is 21.3 Å². The smallest absolute Gasteiger partial charge is 0.296 e. The summed E-state index contributed by atoms with van der Waals surface area (Å²) >= 11 is 12.3. The number of aromatic amines is 1. The van der Waals surface area contributed by atoms with Crippen LogP contribution in [0, 0.1) is 5.82 Å². The summed E-state index contributed by atoms with van der Waals surface area (Å²) in [6.45, 7) is 0.335. The molecule has 5 aromatic rings. The van der Waals surface area contributed by atoms with E-state index in [1.54, 1.807) is 30.3 Å². The zero-order chi connectivity index (χ0) is 26.6. The van der Waals surface area contributed by atoms with Crippen LogP contribution in [-0.2, 0) is 17.8 Å². The van der Waals surface area contributed by atoms with Crippen LogP contribution in [0.5, 0.6) is 5.75 Å². The number of ketones is 1. The van der Waals surface area contributed by atoms with Crippen LogP contribution in [0.15, 0.2) is 85.2 Å². The lowest BCUT2D eigenvalue weighted by molar-refractivity contribution is -0.112. The van der Waals surface area contributed by atoms with Gasteiger partial charge in [-0.1, -0.05) is 65.7 Å². The minimum Gasteiger partial charge on any atom is -0.489 e. The van der Waals surface area contributed by atoms with Gasteiger partial charge < -0.3 is 15.0 Å². The minimum absolute atomic E-state index is 0.0912. The monoisotopic (exact) mass is 547 g/mol. The Morgan fingerprint density at radius 1 is 0.921 bits per heavy atom. The van der Waals surface area contributed by atoms with Crippen molar-refractivity contribution in [3.05, 3.63) is 123 Å². The fourth-order valence-corrected chi connectivity index (χ4v) is 4.53. The normalized spacial score (nSPS) is 10.9. The topological polar surface area (TPSA) is 84.1 Å². The van der Waals surface area contributed by atoms with E-state index in [9.17, 15) is 14.0 Å². The summed E-state index contributed by atoms with van der Waals surface area (Å²) in [7, 11) is 0. The standard InChI is InChI=1S/C29H20Cl2FN3O3/c30-22-14-33-15-23(31)27(22)35-29(37)28(36)26-21-13-20(38-16-18-4-2-1-3-5-18)10-11-24(21)34-25(26)12-17-6-8-19(32)9-7-17/h1-11,13-15,34H,12,16H2,(H,33,35,37). The van der Waals surface area contributed by atoms with Crippen LogP contribution in [0.25, 0.3) is 10.9 Å². The maximum absolute atomic E-state index is 13.6. The number of carbonyl (C=O) groups is 2. The predicted molar refractivity (Wildman–Crippen MR) is 145 cm³/mol. The Balaban J connectivity index is 1.51. The molecule has 6 nitrogen and oxygen atoms in total. The first kappa shape index (κ1) is 25.4. The number of halogens is 3. The van der Waals surface area contributed by atoms with Gasteiger partial charge in [0.15, 0.2) is 0 Å². The molecule has 0 radical (unpaired) electrons. The Kier molecular flexibility index (Phi) is 7.40. The molecule has 0 spiro atoms. The van der Waals surface area contributed by atoms with Crippen LogP contribution in [0.3, 0.4) is 0 Å². The van der Waals surface area contributed by atoms with Gasteiger partial charge in [-0.25, -0.2) is 4.39 Å². The Bertz CT molecular complexity index is 1620. The minimum atomic E-state index is -0.920. The van der Waals surface area contributed by atoms with Gasteiger partial charge in [0.25, 0.3) is 11.7 Å². The highest BCUT2D eigenvalue weighted by molar-refractivity contribution is 6.50. The van der Waals surface area contributed by atoms with E-state index >= 15 is 0 Å². The number of ether oxygens (including phenoxy) is 1. The van der Waals surface area contributed by atoms with Crippen LogP contribution >= 0.6 is 23.2 Å². The van der Waals surface area contributed by atoms with Crippen molar-refractivity contribution in [2.45, 2.75) is 13.0 Å². The van der Waals surface area contributed by atoms with Crippen molar-refractivity contribution in [1.29, 1.82) is 0 Å². The van der Waals surface area contributed by atoms with E-state index in [2.05, 4.69) is 15.3 Å². The number of aromatic nitrogens is 2. The summed E-state index contributed by atoms with van der Waals surface area (Å²) in [4.78, 5) is 33.8. The quantitative estimate of drug-likeness (QED) is 0.162. The Hall–Kier alpha value is -4.20. The molecule has 0 fully saturated rings. The van der Waals surface area contributed by atoms with Gasteiger partial charge >= 0.3 is 0 Å². The number of rotatable bonds is 8. The van der Waals surface area contributed by atoms with Gasteiger partial charge in [-0.15, -0.1) is 0 Å². The molecule has 2 aromatic heterocycles. The summed E-state index contributed by atoms with van der Waals surface area (Å²) < 4.78 is 19.4. The van der Waals surface area contributed by atoms with E-state index in [-0.39, 0.29) is 33.5 Å². The molecule has 190 valence electrons. The lowest BCUT2D eigenvalue weighted by Crippen LogP contribution is -2.24. The molecule has 38 heavy (non-hydrogen) atoms. The van der Waals surface area contributed by atoms with Crippen molar-refractivity contribution in [2.75, 3.05) is 5.32 Å². The molecule has 1 amide bonds. The lowest BCUT2D eigenvalue weighted by Gasteiger charge is -2.10. The van der Waals surface area contributed by atoms with E-state index in [1.807, 2.05) is 30.3 Å². The van der Waals surface area contributed by atoms with Crippen LogP contribution in [-0.4, -0.2) is 21.7 Å². The van der Waals surface area contributed by atoms with Crippen LogP contribution in [0.2, 0.25) is 10.0 Å². The number of hydrogen-bond donors (Lipinski definition) is 2. The highest BCUT2D eigenvalue weighted by Gasteiger charge is 2.26. The number of fused-ring (bicyclic) bond motifs is 1. The second-order valence-electron chi connectivity index (χ2n) is 8.52. The summed E-state index contributed by atoms with van der Waals surface area (Å²) in [5.41, 5.74) is 3.15. The van der Waals surface area contributed by atoms with Crippen LogP contribution in [0.4, 0.5) is 10.1 Å². The molecule has 0 saturated heterocycles. The molecule has 0 aliphatic carbocycles. The van der Waals surface area contributed by atoms with E-state index < -0.39 is 11.7 Å². The number of nitrogens with one attached hydrogen (secondary N) is 2. The zero-order valence-corrected chi connectivity index (χ0v) is 21.3. The summed E-state index contributed by atoms with van der Waals surface area (Å²) in [5.74, 6) is -1.55. The Morgan fingerprint density at radius 3 is 2.34 bits per heavy atom. The maximum Gasteiger partial charge on any atom is 0.296 e. The fraction of sp³-hybridized carbons (Fsp3) is 0.0690. The summed E-state index contributed by atoms with van der Waals surface area (Å²) in [6.07, 6.45) is 2.89. The highest BCUT2D eigenvalue weighted by Crippen LogP contribution is 2.31. The van der Waals surface area contributed by atoms with Gasteiger partial charge in [0.2, 0.25) is 0 Å². The number of nitrogens with zero attached hydrogens (tertiary/aromatic N) is 1. The van der Waals surface area contributed by atoms with Crippen LogP contribution in [0.1, 0.15) is 27.2 Å². The number of carbonyl (C=O) groups excluding carboxylic acids is 2. The number of benzene rings is 3. The lowest BCUT2D eigenvalue weighted by atomic mass is 10.0. The van der Waals surface area contributed by atoms with Gasteiger partial charge in [0.1, 0.15) is 18.2 Å². The largest absolute Gasteiger partial charge is 0.489 e. The van der Waals surface area contributed by atoms with E-state index in [1.165, 1.54) is 24.5 Å². The molecule has 9 heteroatoms. The number of hydrogen-bond acceptors (Lipinski definition) is 4. The molecule has 0 aliphatic rings.